The number of piperazine rings is 1. The third-order valence-corrected chi connectivity index (χ3v) is 5.99. The highest BCUT2D eigenvalue weighted by Gasteiger charge is 2.26. The van der Waals surface area contributed by atoms with Crippen LogP contribution in [0.4, 0.5) is 11.8 Å². The lowest BCUT2D eigenvalue weighted by Gasteiger charge is -2.35. The zero-order valence-corrected chi connectivity index (χ0v) is 18.4. The van der Waals surface area contributed by atoms with Gasteiger partial charge in [0, 0.05) is 50.9 Å². The molecule has 10 heteroatoms. The van der Waals surface area contributed by atoms with Crippen LogP contribution in [0.15, 0.2) is 45.7 Å². The van der Waals surface area contributed by atoms with Gasteiger partial charge < -0.3 is 28.6 Å². The average molecular weight is 451 g/mol. The second-order valence-electron chi connectivity index (χ2n) is 7.92. The Labute approximate surface area is 190 Å². The summed E-state index contributed by atoms with van der Waals surface area (Å²) in [5.41, 5.74) is -0.294. The third-order valence-electron chi connectivity index (χ3n) is 5.99. The first kappa shape index (κ1) is 21.2. The van der Waals surface area contributed by atoms with Crippen molar-refractivity contribution in [2.45, 2.75) is 0 Å². The largest absolute Gasteiger partial charge is 0.493 e. The number of carbonyl (C=O) groups is 1. The molecule has 2 fully saturated rings. The van der Waals surface area contributed by atoms with E-state index in [1.807, 2.05) is 6.07 Å². The van der Waals surface area contributed by atoms with Gasteiger partial charge in [-0.05, 0) is 18.2 Å². The summed E-state index contributed by atoms with van der Waals surface area (Å²) >= 11 is 0. The number of methoxy groups -OCH3 is 1. The van der Waals surface area contributed by atoms with Gasteiger partial charge in [-0.25, -0.2) is 9.78 Å². The molecule has 4 heterocycles. The van der Waals surface area contributed by atoms with Gasteiger partial charge in [0.25, 0.3) is 5.91 Å². The zero-order valence-electron chi connectivity index (χ0n) is 18.4. The van der Waals surface area contributed by atoms with Gasteiger partial charge in [0.2, 0.25) is 5.95 Å². The first-order valence-electron chi connectivity index (χ1n) is 10.9. The summed E-state index contributed by atoms with van der Waals surface area (Å²) in [6.07, 6.45) is 1.76. The van der Waals surface area contributed by atoms with Gasteiger partial charge in [-0.3, -0.25) is 4.79 Å². The molecule has 0 spiro atoms. The van der Waals surface area contributed by atoms with Crippen molar-refractivity contribution >= 4 is 28.6 Å². The van der Waals surface area contributed by atoms with Gasteiger partial charge in [-0.15, -0.1) is 0 Å². The minimum atomic E-state index is -0.662. The Hall–Kier alpha value is -3.66. The van der Waals surface area contributed by atoms with Gasteiger partial charge in [0.1, 0.15) is 11.4 Å². The molecule has 5 rings (SSSR count). The number of ether oxygens (including phenoxy) is 2. The van der Waals surface area contributed by atoms with Crippen LogP contribution in [-0.4, -0.2) is 80.4 Å². The van der Waals surface area contributed by atoms with Crippen LogP contribution >= 0.6 is 0 Å². The number of hydrogen-bond donors (Lipinski definition) is 0. The van der Waals surface area contributed by atoms with E-state index >= 15 is 0 Å². The summed E-state index contributed by atoms with van der Waals surface area (Å²) in [6.45, 7) is 5.05. The Morgan fingerprint density at radius 2 is 1.82 bits per heavy atom. The van der Waals surface area contributed by atoms with Crippen molar-refractivity contribution < 1.29 is 18.7 Å². The van der Waals surface area contributed by atoms with Crippen LogP contribution in [0.25, 0.3) is 11.0 Å². The van der Waals surface area contributed by atoms with Crippen LogP contribution in [0.1, 0.15) is 10.4 Å². The van der Waals surface area contributed by atoms with Gasteiger partial charge in [0.05, 0.1) is 20.3 Å². The highest BCUT2D eigenvalue weighted by molar-refractivity contribution is 5.97. The molecular formula is C23H25N5O5. The highest BCUT2D eigenvalue weighted by Crippen LogP contribution is 2.25. The molecule has 2 saturated heterocycles. The maximum atomic E-state index is 13.1. The van der Waals surface area contributed by atoms with Crippen molar-refractivity contribution in [1.82, 2.24) is 14.9 Å². The minimum absolute atomic E-state index is 0.0286. The molecule has 0 radical (unpaired) electrons. The monoisotopic (exact) mass is 451 g/mol. The predicted molar refractivity (Wildman–Crippen MR) is 122 cm³/mol. The molecule has 2 aliphatic heterocycles. The van der Waals surface area contributed by atoms with Crippen molar-refractivity contribution in [3.63, 3.8) is 0 Å². The molecule has 2 aliphatic rings. The SMILES string of the molecule is COc1cccc2cc(C(=O)N3CCN(c4ccnc(N5CCOCC5)n4)CC3)c(=O)oc12. The van der Waals surface area contributed by atoms with E-state index in [4.69, 9.17) is 18.9 Å². The molecule has 1 amide bonds. The number of nitrogens with zero attached hydrogens (tertiary/aromatic N) is 5. The van der Waals surface area contributed by atoms with Crippen molar-refractivity contribution in [3.05, 3.63) is 52.5 Å². The lowest BCUT2D eigenvalue weighted by molar-refractivity contribution is 0.0742. The molecule has 1 aromatic carbocycles. The summed E-state index contributed by atoms with van der Waals surface area (Å²) in [6, 6.07) is 8.76. The van der Waals surface area contributed by atoms with E-state index in [1.54, 1.807) is 35.4 Å². The average Bonchev–Trinajstić information content (AvgIpc) is 2.88. The maximum Gasteiger partial charge on any atom is 0.349 e. The molecule has 0 aliphatic carbocycles. The van der Waals surface area contributed by atoms with Gasteiger partial charge in [0.15, 0.2) is 11.3 Å². The Bertz CT molecular complexity index is 1220. The minimum Gasteiger partial charge on any atom is -0.493 e. The first-order chi connectivity index (χ1) is 16.1. The van der Waals surface area contributed by atoms with Gasteiger partial charge in [-0.2, -0.15) is 4.98 Å². The standard InChI is InChI=1S/C23H25N5O5/c1-31-18-4-2-3-16-15-17(22(30)33-20(16)18)21(29)27-9-7-26(8-10-27)19-5-6-24-23(25-19)28-11-13-32-14-12-28/h2-6,15H,7-14H2,1H3. The Balaban J connectivity index is 1.29. The van der Waals surface area contributed by atoms with Gasteiger partial charge in [-0.1, -0.05) is 12.1 Å². The molecule has 2 aromatic heterocycles. The highest BCUT2D eigenvalue weighted by atomic mass is 16.5. The molecule has 0 atom stereocenters. The zero-order chi connectivity index (χ0) is 22.8. The third kappa shape index (κ3) is 4.21. The Morgan fingerprint density at radius 3 is 2.58 bits per heavy atom. The van der Waals surface area contributed by atoms with Crippen LogP contribution in [0.3, 0.4) is 0 Å². The summed E-state index contributed by atoms with van der Waals surface area (Å²) in [5.74, 6) is 1.65. The number of anilines is 2. The predicted octanol–water partition coefficient (Wildman–Crippen LogP) is 1.39. The molecule has 0 bridgehead atoms. The fourth-order valence-electron chi connectivity index (χ4n) is 4.17. The van der Waals surface area contributed by atoms with E-state index in [-0.39, 0.29) is 11.5 Å². The molecule has 3 aromatic rings. The van der Waals surface area contributed by atoms with E-state index < -0.39 is 5.63 Å². The van der Waals surface area contributed by atoms with Crippen LogP contribution in [0.5, 0.6) is 5.75 Å². The number of para-hydroxylation sites is 1. The van der Waals surface area contributed by atoms with E-state index in [1.165, 1.54) is 7.11 Å². The number of morpholine rings is 1. The number of amides is 1. The Kier molecular flexibility index (Phi) is 5.82. The van der Waals surface area contributed by atoms with Crippen LogP contribution < -0.4 is 20.2 Å². The van der Waals surface area contributed by atoms with E-state index in [2.05, 4.69) is 14.8 Å². The number of fused-ring (bicyclic) bond motifs is 1. The summed E-state index contributed by atoms with van der Waals surface area (Å²) in [5, 5.41) is 0.646. The second-order valence-corrected chi connectivity index (χ2v) is 7.92. The van der Waals surface area contributed by atoms with Crippen LogP contribution in [0.2, 0.25) is 0 Å². The molecular weight excluding hydrogens is 426 g/mol. The number of rotatable bonds is 4. The lowest BCUT2D eigenvalue weighted by Crippen LogP contribution is -2.49. The van der Waals surface area contributed by atoms with Crippen LogP contribution in [0, 0.1) is 0 Å². The smallest absolute Gasteiger partial charge is 0.349 e. The van der Waals surface area contributed by atoms with E-state index in [0.717, 1.165) is 18.9 Å². The first-order valence-corrected chi connectivity index (χ1v) is 10.9. The summed E-state index contributed by atoms with van der Waals surface area (Å²) < 4.78 is 16.1. The molecule has 10 nitrogen and oxygen atoms in total. The molecule has 33 heavy (non-hydrogen) atoms. The second kappa shape index (κ2) is 9.07. The van der Waals surface area contributed by atoms with Crippen molar-refractivity contribution in [1.29, 1.82) is 0 Å². The van der Waals surface area contributed by atoms with Crippen molar-refractivity contribution in [3.8, 4) is 5.75 Å². The number of aromatic nitrogens is 2. The fraction of sp³-hybridized carbons (Fsp3) is 0.391. The van der Waals surface area contributed by atoms with Crippen LogP contribution in [-0.2, 0) is 4.74 Å². The quantitative estimate of drug-likeness (QED) is 0.545. The summed E-state index contributed by atoms with van der Waals surface area (Å²) in [4.78, 5) is 40.7. The Morgan fingerprint density at radius 1 is 1.03 bits per heavy atom. The number of hydrogen-bond acceptors (Lipinski definition) is 9. The van der Waals surface area contributed by atoms with Crippen molar-refractivity contribution in [2.24, 2.45) is 0 Å². The topological polar surface area (TPSA) is 101 Å². The molecule has 0 unspecified atom stereocenters. The molecule has 172 valence electrons. The lowest BCUT2D eigenvalue weighted by atomic mass is 10.1. The van der Waals surface area contributed by atoms with E-state index in [9.17, 15) is 9.59 Å². The normalized spacial score (nSPS) is 16.8. The summed E-state index contributed by atoms with van der Waals surface area (Å²) in [7, 11) is 1.51. The maximum absolute atomic E-state index is 13.1. The molecule has 0 N–H and O–H groups in total. The number of carbonyl (C=O) groups excluding carboxylic acids is 1. The van der Waals surface area contributed by atoms with E-state index in [0.29, 0.717) is 62.1 Å². The number of benzene rings is 1. The molecule has 0 saturated carbocycles. The van der Waals surface area contributed by atoms with Gasteiger partial charge >= 0.3 is 5.63 Å². The van der Waals surface area contributed by atoms with Crippen molar-refractivity contribution in [2.75, 3.05) is 69.4 Å². The fourth-order valence-corrected chi connectivity index (χ4v) is 4.17.